The molecule has 4 heteroatoms. The predicted octanol–water partition coefficient (Wildman–Crippen LogP) is 4.89. The van der Waals surface area contributed by atoms with Gasteiger partial charge in [-0.2, -0.15) is 0 Å². The van der Waals surface area contributed by atoms with E-state index < -0.39 is 0 Å². The molecule has 1 aliphatic carbocycles. The molecular formula is C20H30ClNO2. The van der Waals surface area contributed by atoms with Crippen molar-refractivity contribution in [1.82, 2.24) is 4.90 Å². The van der Waals surface area contributed by atoms with Crippen LogP contribution < -0.4 is 0 Å². The number of hydrogen-bond donors (Lipinski definition) is 0. The quantitative estimate of drug-likeness (QED) is 0.655. The smallest absolute Gasteiger partial charge is 0.306 e. The van der Waals surface area contributed by atoms with Crippen LogP contribution >= 0.6 is 11.6 Å². The fourth-order valence-electron chi connectivity index (χ4n) is 4.08. The maximum Gasteiger partial charge on any atom is 0.306 e. The number of halogens is 1. The molecule has 0 aromatic heterocycles. The average molecular weight is 352 g/mol. The molecule has 0 unspecified atom stereocenters. The summed E-state index contributed by atoms with van der Waals surface area (Å²) in [4.78, 5) is 14.4. The summed E-state index contributed by atoms with van der Waals surface area (Å²) >= 11 is 6.06. The molecule has 1 aromatic rings. The molecule has 2 rings (SSSR count). The van der Waals surface area contributed by atoms with E-state index in [-0.39, 0.29) is 5.97 Å². The third kappa shape index (κ3) is 4.97. The third-order valence-corrected chi connectivity index (χ3v) is 5.51. The molecule has 0 saturated heterocycles. The van der Waals surface area contributed by atoms with Crippen LogP contribution in [-0.4, -0.2) is 36.6 Å². The summed E-state index contributed by atoms with van der Waals surface area (Å²) in [6.45, 7) is 8.92. The summed E-state index contributed by atoms with van der Waals surface area (Å²) in [5.74, 6) is 0.811. The van der Waals surface area contributed by atoms with Crippen molar-refractivity contribution in [2.24, 2.45) is 5.92 Å². The zero-order valence-electron chi connectivity index (χ0n) is 15.1. The molecule has 3 atom stereocenters. The van der Waals surface area contributed by atoms with E-state index in [0.29, 0.717) is 30.9 Å². The number of carbonyl (C=O) groups is 1. The lowest BCUT2D eigenvalue weighted by molar-refractivity contribution is -0.144. The first-order valence-corrected chi connectivity index (χ1v) is 9.61. The van der Waals surface area contributed by atoms with Gasteiger partial charge in [0.2, 0.25) is 0 Å². The second kappa shape index (κ2) is 9.43. The second-order valence-electron chi connectivity index (χ2n) is 6.63. The van der Waals surface area contributed by atoms with E-state index in [0.717, 1.165) is 37.4 Å². The Morgan fingerprint density at radius 3 is 2.42 bits per heavy atom. The Kier molecular flexibility index (Phi) is 7.57. The van der Waals surface area contributed by atoms with Crippen molar-refractivity contribution in [3.63, 3.8) is 0 Å². The molecule has 1 aliphatic rings. The Balaban J connectivity index is 2.16. The monoisotopic (exact) mass is 351 g/mol. The molecule has 3 nitrogen and oxygen atoms in total. The molecule has 0 N–H and O–H groups in total. The summed E-state index contributed by atoms with van der Waals surface area (Å²) < 4.78 is 5.15. The van der Waals surface area contributed by atoms with Gasteiger partial charge in [-0.25, -0.2) is 0 Å². The highest BCUT2D eigenvalue weighted by atomic mass is 35.5. The SMILES string of the molecule is CCOC(=O)C[C@H]1CC[C@H](N(CC)CC)[C@@H](c2ccc(Cl)cc2)C1. The van der Waals surface area contributed by atoms with Crippen LogP contribution in [0.2, 0.25) is 5.02 Å². The van der Waals surface area contributed by atoms with Gasteiger partial charge >= 0.3 is 5.97 Å². The highest BCUT2D eigenvalue weighted by Gasteiger charge is 2.35. The number of nitrogens with zero attached hydrogens (tertiary/aromatic N) is 1. The normalized spacial score (nSPS) is 24.1. The summed E-state index contributed by atoms with van der Waals surface area (Å²) in [6.07, 6.45) is 3.83. The zero-order chi connectivity index (χ0) is 17.5. The highest BCUT2D eigenvalue weighted by molar-refractivity contribution is 6.30. The van der Waals surface area contributed by atoms with Crippen LogP contribution in [0.15, 0.2) is 24.3 Å². The standard InChI is InChI=1S/C20H30ClNO2/c1-4-22(5-2)19-12-7-15(14-20(23)24-6-3)13-18(19)16-8-10-17(21)11-9-16/h8-11,15,18-19H,4-7,12-14H2,1-3H3/t15-,18+,19-/m0/s1. The van der Waals surface area contributed by atoms with E-state index in [1.54, 1.807) is 0 Å². The van der Waals surface area contributed by atoms with Gasteiger partial charge in [-0.1, -0.05) is 37.6 Å². The second-order valence-corrected chi connectivity index (χ2v) is 7.07. The summed E-state index contributed by atoms with van der Waals surface area (Å²) in [5, 5.41) is 0.775. The van der Waals surface area contributed by atoms with Crippen molar-refractivity contribution in [1.29, 1.82) is 0 Å². The minimum Gasteiger partial charge on any atom is -0.466 e. The first kappa shape index (κ1) is 19.3. The fourth-order valence-corrected chi connectivity index (χ4v) is 4.21. The third-order valence-electron chi connectivity index (χ3n) is 5.26. The summed E-state index contributed by atoms with van der Waals surface area (Å²) in [6, 6.07) is 8.79. The van der Waals surface area contributed by atoms with Gasteiger partial charge in [-0.05, 0) is 68.8 Å². The Hall–Kier alpha value is -1.06. The molecule has 0 bridgehead atoms. The average Bonchev–Trinajstić information content (AvgIpc) is 2.58. The number of carbonyl (C=O) groups excluding carboxylic acids is 1. The van der Waals surface area contributed by atoms with Crippen LogP contribution in [0.25, 0.3) is 0 Å². The molecule has 24 heavy (non-hydrogen) atoms. The lowest BCUT2D eigenvalue weighted by atomic mass is 9.73. The van der Waals surface area contributed by atoms with Crippen molar-refractivity contribution in [2.45, 2.75) is 58.4 Å². The molecule has 1 fully saturated rings. The van der Waals surface area contributed by atoms with Crippen molar-refractivity contribution in [3.05, 3.63) is 34.9 Å². The number of hydrogen-bond acceptors (Lipinski definition) is 3. The van der Waals surface area contributed by atoms with E-state index >= 15 is 0 Å². The van der Waals surface area contributed by atoms with E-state index in [9.17, 15) is 4.79 Å². The van der Waals surface area contributed by atoms with Crippen molar-refractivity contribution >= 4 is 17.6 Å². The largest absolute Gasteiger partial charge is 0.466 e. The summed E-state index contributed by atoms with van der Waals surface area (Å²) in [5.41, 5.74) is 1.34. The van der Waals surface area contributed by atoms with Crippen LogP contribution in [0.5, 0.6) is 0 Å². The molecule has 1 aromatic carbocycles. The molecular weight excluding hydrogens is 322 g/mol. The number of esters is 1. The van der Waals surface area contributed by atoms with E-state index in [2.05, 4.69) is 30.9 Å². The van der Waals surface area contributed by atoms with Crippen molar-refractivity contribution in [2.75, 3.05) is 19.7 Å². The molecule has 134 valence electrons. The van der Waals surface area contributed by atoms with Gasteiger partial charge in [0.15, 0.2) is 0 Å². The number of rotatable bonds is 7. The van der Waals surface area contributed by atoms with Gasteiger partial charge in [-0.3, -0.25) is 4.79 Å². The van der Waals surface area contributed by atoms with Crippen LogP contribution in [0, 0.1) is 5.92 Å². The van der Waals surface area contributed by atoms with Crippen LogP contribution in [0.4, 0.5) is 0 Å². The van der Waals surface area contributed by atoms with Gasteiger partial charge < -0.3 is 9.64 Å². The van der Waals surface area contributed by atoms with Crippen molar-refractivity contribution < 1.29 is 9.53 Å². The van der Waals surface area contributed by atoms with Gasteiger partial charge in [-0.15, -0.1) is 0 Å². The number of likely N-dealkylation sites (N-methyl/N-ethyl adjacent to an activating group) is 1. The minimum atomic E-state index is -0.0568. The number of benzene rings is 1. The van der Waals surface area contributed by atoms with Gasteiger partial charge in [0, 0.05) is 17.5 Å². The highest BCUT2D eigenvalue weighted by Crippen LogP contribution is 2.40. The van der Waals surface area contributed by atoms with Crippen LogP contribution in [-0.2, 0) is 9.53 Å². The van der Waals surface area contributed by atoms with E-state index in [1.165, 1.54) is 5.56 Å². The Labute approximate surface area is 151 Å². The van der Waals surface area contributed by atoms with Gasteiger partial charge in [0.05, 0.1) is 6.61 Å². The maximum absolute atomic E-state index is 11.9. The minimum absolute atomic E-state index is 0.0568. The summed E-state index contributed by atoms with van der Waals surface area (Å²) in [7, 11) is 0. The molecule has 0 radical (unpaired) electrons. The van der Waals surface area contributed by atoms with Crippen molar-refractivity contribution in [3.8, 4) is 0 Å². The van der Waals surface area contributed by atoms with Gasteiger partial charge in [0.25, 0.3) is 0 Å². The predicted molar refractivity (Wildman–Crippen MR) is 99.5 cm³/mol. The molecule has 1 saturated carbocycles. The van der Waals surface area contributed by atoms with E-state index in [1.807, 2.05) is 19.1 Å². The first-order chi connectivity index (χ1) is 11.6. The first-order valence-electron chi connectivity index (χ1n) is 9.24. The zero-order valence-corrected chi connectivity index (χ0v) is 15.9. The topological polar surface area (TPSA) is 29.5 Å². The molecule has 0 spiro atoms. The van der Waals surface area contributed by atoms with Crippen LogP contribution in [0.1, 0.15) is 57.9 Å². The molecule has 0 aliphatic heterocycles. The number of ether oxygens (including phenoxy) is 1. The lowest BCUT2D eigenvalue weighted by Crippen LogP contribution is -2.43. The Morgan fingerprint density at radius 1 is 1.17 bits per heavy atom. The van der Waals surface area contributed by atoms with Crippen LogP contribution in [0.3, 0.4) is 0 Å². The Morgan fingerprint density at radius 2 is 1.83 bits per heavy atom. The fraction of sp³-hybridized carbons (Fsp3) is 0.650. The van der Waals surface area contributed by atoms with E-state index in [4.69, 9.17) is 16.3 Å². The maximum atomic E-state index is 11.9. The Bertz CT molecular complexity index is 513. The van der Waals surface area contributed by atoms with Gasteiger partial charge in [0.1, 0.15) is 0 Å². The lowest BCUT2D eigenvalue weighted by Gasteiger charge is -2.42. The molecule has 0 amide bonds. The molecule has 0 heterocycles.